The first-order chi connectivity index (χ1) is 10.9. The number of phenols is 1. The van der Waals surface area contributed by atoms with Gasteiger partial charge in [0.15, 0.2) is 11.5 Å². The Balaban J connectivity index is 2.06. The second-order valence-corrected chi connectivity index (χ2v) is 6.47. The molecular formula is C16H8Br2O5. The Morgan fingerprint density at radius 3 is 2.61 bits per heavy atom. The molecule has 0 radical (unpaired) electrons. The predicted octanol–water partition coefficient (Wildman–Crippen LogP) is 4.23. The molecule has 1 aliphatic heterocycles. The van der Waals surface area contributed by atoms with Crippen molar-refractivity contribution in [3.63, 3.8) is 0 Å². The van der Waals surface area contributed by atoms with E-state index in [2.05, 4.69) is 31.9 Å². The van der Waals surface area contributed by atoms with Gasteiger partial charge in [-0.3, -0.25) is 4.79 Å². The summed E-state index contributed by atoms with van der Waals surface area (Å²) in [5.74, 6) is -1.49. The maximum absolute atomic E-state index is 12.4. The number of allylic oxidation sites excluding steroid dienone is 1. The van der Waals surface area contributed by atoms with E-state index >= 15 is 0 Å². The van der Waals surface area contributed by atoms with E-state index in [0.29, 0.717) is 14.5 Å². The van der Waals surface area contributed by atoms with Crippen LogP contribution in [0.1, 0.15) is 26.3 Å². The summed E-state index contributed by atoms with van der Waals surface area (Å²) < 4.78 is 6.42. The van der Waals surface area contributed by atoms with Crippen LogP contribution in [0.5, 0.6) is 11.5 Å². The van der Waals surface area contributed by atoms with Gasteiger partial charge >= 0.3 is 5.97 Å². The molecule has 0 atom stereocenters. The van der Waals surface area contributed by atoms with Gasteiger partial charge in [-0.1, -0.05) is 12.1 Å². The minimum absolute atomic E-state index is 0.0108. The Kier molecular flexibility index (Phi) is 3.99. The maximum atomic E-state index is 12.4. The van der Waals surface area contributed by atoms with Crippen molar-refractivity contribution < 1.29 is 24.5 Å². The van der Waals surface area contributed by atoms with E-state index in [1.54, 1.807) is 18.2 Å². The number of Topliss-reactive ketones (excluding diaryl/α,β-unsaturated/α-hetero) is 1. The standard InChI is InChI=1S/C16H8Br2O5/c17-9-6-10(18)15-12(13(9)19)14(20)11(23-15)5-7-2-1-3-8(4-7)16(21)22/h1-6,19H,(H,21,22)/b11-5-. The Bertz CT molecular complexity index is 886. The lowest BCUT2D eigenvalue weighted by Gasteiger charge is -2.04. The van der Waals surface area contributed by atoms with Crippen LogP contribution in [0.4, 0.5) is 0 Å². The third-order valence-electron chi connectivity index (χ3n) is 3.25. The average Bonchev–Trinajstić information content (AvgIpc) is 2.83. The van der Waals surface area contributed by atoms with Crippen molar-refractivity contribution >= 4 is 49.7 Å². The third-order valence-corrected chi connectivity index (χ3v) is 4.45. The molecule has 2 aromatic carbocycles. The van der Waals surface area contributed by atoms with Gasteiger partial charge in [-0.15, -0.1) is 0 Å². The molecule has 0 fully saturated rings. The van der Waals surface area contributed by atoms with Gasteiger partial charge in [0.1, 0.15) is 11.3 Å². The van der Waals surface area contributed by atoms with Gasteiger partial charge in [0, 0.05) is 0 Å². The van der Waals surface area contributed by atoms with Crippen LogP contribution in [0.3, 0.4) is 0 Å². The van der Waals surface area contributed by atoms with E-state index in [1.807, 2.05) is 0 Å². The number of halogens is 2. The summed E-state index contributed by atoms with van der Waals surface area (Å²) in [6, 6.07) is 7.70. The monoisotopic (exact) mass is 438 g/mol. The Labute approximate surface area is 147 Å². The summed E-state index contributed by atoms with van der Waals surface area (Å²) in [7, 11) is 0. The summed E-state index contributed by atoms with van der Waals surface area (Å²) >= 11 is 6.45. The highest BCUT2D eigenvalue weighted by Crippen LogP contribution is 2.46. The van der Waals surface area contributed by atoms with E-state index in [-0.39, 0.29) is 28.4 Å². The fourth-order valence-electron chi connectivity index (χ4n) is 2.19. The molecule has 0 spiro atoms. The van der Waals surface area contributed by atoms with Crippen molar-refractivity contribution in [2.75, 3.05) is 0 Å². The molecule has 0 saturated heterocycles. The van der Waals surface area contributed by atoms with E-state index in [9.17, 15) is 14.7 Å². The van der Waals surface area contributed by atoms with E-state index in [4.69, 9.17) is 9.84 Å². The van der Waals surface area contributed by atoms with Gasteiger partial charge in [-0.25, -0.2) is 4.79 Å². The Morgan fingerprint density at radius 2 is 1.91 bits per heavy atom. The molecule has 0 aliphatic carbocycles. The minimum Gasteiger partial charge on any atom is -0.506 e. The van der Waals surface area contributed by atoms with E-state index in [0.717, 1.165) is 0 Å². The number of hydrogen-bond donors (Lipinski definition) is 2. The molecule has 1 heterocycles. The van der Waals surface area contributed by atoms with E-state index in [1.165, 1.54) is 18.2 Å². The van der Waals surface area contributed by atoms with Crippen LogP contribution in [-0.4, -0.2) is 22.0 Å². The number of hydrogen-bond acceptors (Lipinski definition) is 4. The number of fused-ring (bicyclic) bond motifs is 1. The van der Waals surface area contributed by atoms with Crippen LogP contribution in [-0.2, 0) is 0 Å². The van der Waals surface area contributed by atoms with Crippen LogP contribution in [0.2, 0.25) is 0 Å². The van der Waals surface area contributed by atoms with Crippen molar-refractivity contribution in [2.24, 2.45) is 0 Å². The summed E-state index contributed by atoms with van der Waals surface area (Å²) in [6.45, 7) is 0. The van der Waals surface area contributed by atoms with Crippen LogP contribution in [0, 0.1) is 0 Å². The number of benzene rings is 2. The number of rotatable bonds is 2. The maximum Gasteiger partial charge on any atom is 0.335 e. The normalized spacial score (nSPS) is 14.7. The number of carbonyl (C=O) groups excluding carboxylic acids is 1. The molecular weight excluding hydrogens is 432 g/mol. The molecule has 1 aliphatic rings. The molecule has 0 amide bonds. The molecule has 0 unspecified atom stereocenters. The quantitative estimate of drug-likeness (QED) is 0.684. The number of carboxylic acid groups (broad SMARTS) is 1. The van der Waals surface area contributed by atoms with Crippen LogP contribution in [0.15, 0.2) is 45.0 Å². The number of aromatic hydroxyl groups is 1. The zero-order chi connectivity index (χ0) is 16.7. The number of phenolic OH excluding ortho intramolecular Hbond substituents is 1. The third kappa shape index (κ3) is 2.77. The van der Waals surface area contributed by atoms with Crippen molar-refractivity contribution in [2.45, 2.75) is 0 Å². The molecule has 116 valence electrons. The lowest BCUT2D eigenvalue weighted by molar-refractivity contribution is 0.0696. The van der Waals surface area contributed by atoms with Gasteiger partial charge in [0.05, 0.1) is 14.5 Å². The number of aromatic carboxylic acids is 1. The fraction of sp³-hybridized carbons (Fsp3) is 0. The number of carbonyl (C=O) groups is 2. The zero-order valence-electron chi connectivity index (χ0n) is 11.3. The van der Waals surface area contributed by atoms with Gasteiger partial charge in [0.25, 0.3) is 0 Å². The first kappa shape index (κ1) is 15.8. The van der Waals surface area contributed by atoms with Gasteiger partial charge < -0.3 is 14.9 Å². The topological polar surface area (TPSA) is 83.8 Å². The zero-order valence-corrected chi connectivity index (χ0v) is 14.5. The Morgan fingerprint density at radius 1 is 1.17 bits per heavy atom. The molecule has 0 bridgehead atoms. The largest absolute Gasteiger partial charge is 0.506 e. The summed E-state index contributed by atoms with van der Waals surface area (Å²) in [6.07, 6.45) is 1.44. The molecule has 3 rings (SSSR count). The lowest BCUT2D eigenvalue weighted by Crippen LogP contribution is -1.99. The molecule has 0 aromatic heterocycles. The highest BCUT2D eigenvalue weighted by atomic mass is 79.9. The second-order valence-electron chi connectivity index (χ2n) is 4.76. The lowest BCUT2D eigenvalue weighted by atomic mass is 10.1. The summed E-state index contributed by atoms with van der Waals surface area (Å²) in [5, 5.41) is 19.0. The van der Waals surface area contributed by atoms with Crippen molar-refractivity contribution in [1.29, 1.82) is 0 Å². The minimum atomic E-state index is -1.06. The highest BCUT2D eigenvalue weighted by Gasteiger charge is 2.33. The number of ether oxygens (including phenoxy) is 1. The second kappa shape index (κ2) is 5.82. The van der Waals surface area contributed by atoms with E-state index < -0.39 is 11.8 Å². The SMILES string of the molecule is O=C(O)c1cccc(/C=C2\Oc3c(Br)cc(Br)c(O)c3C2=O)c1. The molecule has 2 aromatic rings. The molecule has 23 heavy (non-hydrogen) atoms. The molecule has 7 heteroatoms. The van der Waals surface area contributed by atoms with Crippen molar-refractivity contribution in [3.8, 4) is 11.5 Å². The highest BCUT2D eigenvalue weighted by molar-refractivity contribution is 9.11. The molecule has 5 nitrogen and oxygen atoms in total. The summed E-state index contributed by atoms with van der Waals surface area (Å²) in [5.41, 5.74) is 0.678. The van der Waals surface area contributed by atoms with Crippen LogP contribution >= 0.6 is 31.9 Å². The first-order valence-corrected chi connectivity index (χ1v) is 7.95. The number of ketones is 1. The summed E-state index contributed by atoms with van der Waals surface area (Å²) in [4.78, 5) is 23.4. The Hall–Kier alpha value is -2.12. The fourth-order valence-corrected chi connectivity index (χ4v) is 3.43. The first-order valence-electron chi connectivity index (χ1n) is 6.37. The predicted molar refractivity (Wildman–Crippen MR) is 89.8 cm³/mol. The van der Waals surface area contributed by atoms with Crippen LogP contribution in [0.25, 0.3) is 6.08 Å². The molecule has 0 saturated carbocycles. The average molecular weight is 440 g/mol. The van der Waals surface area contributed by atoms with Crippen LogP contribution < -0.4 is 4.74 Å². The smallest absolute Gasteiger partial charge is 0.335 e. The van der Waals surface area contributed by atoms with Crippen molar-refractivity contribution in [1.82, 2.24) is 0 Å². The van der Waals surface area contributed by atoms with Gasteiger partial charge in [-0.05, 0) is 61.7 Å². The van der Waals surface area contributed by atoms with Gasteiger partial charge in [0.2, 0.25) is 5.78 Å². The molecule has 2 N–H and O–H groups in total. The van der Waals surface area contributed by atoms with Gasteiger partial charge in [-0.2, -0.15) is 0 Å². The number of carboxylic acids is 1. The van der Waals surface area contributed by atoms with Crippen molar-refractivity contribution in [3.05, 3.63) is 61.7 Å².